The van der Waals surface area contributed by atoms with Gasteiger partial charge in [0, 0.05) is 12.1 Å². The third kappa shape index (κ3) is 5.35. The van der Waals surface area contributed by atoms with Crippen LogP contribution in [0.15, 0.2) is 58.3 Å². The van der Waals surface area contributed by atoms with Gasteiger partial charge in [0.1, 0.15) is 0 Å². The Morgan fingerprint density at radius 1 is 0.765 bits per heavy atom. The van der Waals surface area contributed by atoms with Crippen molar-refractivity contribution < 1.29 is 21.6 Å². The standard InChI is InChI=1S/C24H31N3O5S2/c1-16-7-11-18(12-8-16)33(29,30)25-15-22(28)26-23-20-5-3-4-6-21(20)24(23)27-34(31,32)19-13-9-17(2)10-14-19/h7-14,20-21,23-25,27H,3-6,15H2,1-2H3,(H,26,28). The molecule has 1 amide bonds. The van der Waals surface area contributed by atoms with E-state index >= 15 is 0 Å². The van der Waals surface area contributed by atoms with Crippen LogP contribution in [0, 0.1) is 25.7 Å². The fourth-order valence-electron chi connectivity index (χ4n) is 4.99. The van der Waals surface area contributed by atoms with Crippen LogP contribution in [0.2, 0.25) is 0 Å². The summed E-state index contributed by atoms with van der Waals surface area (Å²) < 4.78 is 56.1. The number of nitrogens with one attached hydrogen (secondary N) is 3. The molecule has 3 N–H and O–H groups in total. The lowest BCUT2D eigenvalue weighted by Crippen LogP contribution is -2.70. The van der Waals surface area contributed by atoms with E-state index in [0.717, 1.165) is 36.8 Å². The number of carbonyl (C=O) groups excluding carboxylic acids is 1. The van der Waals surface area contributed by atoms with E-state index in [1.54, 1.807) is 36.4 Å². The number of carbonyl (C=O) groups is 1. The molecule has 0 aliphatic heterocycles. The van der Waals surface area contributed by atoms with Crippen molar-refractivity contribution in [2.45, 2.75) is 61.4 Å². The van der Waals surface area contributed by atoms with E-state index in [4.69, 9.17) is 0 Å². The van der Waals surface area contributed by atoms with E-state index in [-0.39, 0.29) is 27.7 Å². The van der Waals surface area contributed by atoms with Crippen molar-refractivity contribution in [2.75, 3.05) is 6.54 Å². The van der Waals surface area contributed by atoms with Gasteiger partial charge in [0.25, 0.3) is 0 Å². The highest BCUT2D eigenvalue weighted by molar-refractivity contribution is 7.89. The maximum absolute atomic E-state index is 13.0. The van der Waals surface area contributed by atoms with Gasteiger partial charge in [-0.2, -0.15) is 0 Å². The first-order valence-electron chi connectivity index (χ1n) is 11.5. The summed E-state index contributed by atoms with van der Waals surface area (Å²) in [6, 6.07) is 12.2. The van der Waals surface area contributed by atoms with Crippen molar-refractivity contribution in [3.05, 3.63) is 59.7 Å². The second kappa shape index (κ2) is 9.77. The number of amides is 1. The van der Waals surface area contributed by atoms with Gasteiger partial charge < -0.3 is 5.32 Å². The minimum absolute atomic E-state index is 0.0885. The van der Waals surface area contributed by atoms with Crippen LogP contribution in [-0.4, -0.2) is 41.4 Å². The third-order valence-corrected chi connectivity index (χ3v) is 9.78. The summed E-state index contributed by atoms with van der Waals surface area (Å²) in [7, 11) is -7.57. The Hall–Kier alpha value is -2.27. The van der Waals surface area contributed by atoms with Gasteiger partial charge in [0.05, 0.1) is 16.3 Å². The lowest BCUT2D eigenvalue weighted by Gasteiger charge is -2.54. The van der Waals surface area contributed by atoms with Gasteiger partial charge >= 0.3 is 0 Å². The van der Waals surface area contributed by atoms with Crippen molar-refractivity contribution in [1.82, 2.24) is 14.8 Å². The summed E-state index contributed by atoms with van der Waals surface area (Å²) in [6.45, 7) is 3.33. The van der Waals surface area contributed by atoms with E-state index < -0.39 is 38.5 Å². The molecular formula is C24H31N3O5S2. The molecule has 8 nitrogen and oxygen atoms in total. The predicted octanol–water partition coefficient (Wildman–Crippen LogP) is 2.23. The summed E-state index contributed by atoms with van der Waals surface area (Å²) in [5.41, 5.74) is 1.90. The van der Waals surface area contributed by atoms with Gasteiger partial charge in [0.15, 0.2) is 0 Å². The molecule has 0 radical (unpaired) electrons. The molecule has 2 aliphatic rings. The summed E-state index contributed by atoms with van der Waals surface area (Å²) >= 11 is 0. The van der Waals surface area contributed by atoms with E-state index in [1.165, 1.54) is 12.1 Å². The number of aryl methyl sites for hydroxylation is 2. The van der Waals surface area contributed by atoms with Crippen LogP contribution in [0.5, 0.6) is 0 Å². The summed E-state index contributed by atoms with van der Waals surface area (Å²) in [6.07, 6.45) is 3.87. The molecule has 2 aromatic carbocycles. The number of benzene rings is 2. The summed E-state index contributed by atoms with van der Waals surface area (Å²) in [4.78, 5) is 12.9. The third-order valence-electron chi connectivity index (χ3n) is 6.89. The molecule has 4 atom stereocenters. The minimum atomic E-state index is -3.82. The van der Waals surface area contributed by atoms with Gasteiger partial charge in [0.2, 0.25) is 26.0 Å². The Labute approximate surface area is 201 Å². The predicted molar refractivity (Wildman–Crippen MR) is 129 cm³/mol. The number of rotatable bonds is 8. The quantitative estimate of drug-likeness (QED) is 0.508. The first kappa shape index (κ1) is 24.8. The summed E-state index contributed by atoms with van der Waals surface area (Å²) in [5.74, 6) is -0.148. The average Bonchev–Trinajstić information content (AvgIpc) is 2.80. The van der Waals surface area contributed by atoms with Crippen LogP contribution in [0.25, 0.3) is 0 Å². The smallest absolute Gasteiger partial charge is 0.241 e. The Morgan fingerprint density at radius 3 is 1.76 bits per heavy atom. The van der Waals surface area contributed by atoms with Crippen LogP contribution in [0.1, 0.15) is 36.8 Å². The van der Waals surface area contributed by atoms with Crippen LogP contribution < -0.4 is 14.8 Å². The van der Waals surface area contributed by atoms with Crippen molar-refractivity contribution in [3.63, 3.8) is 0 Å². The van der Waals surface area contributed by atoms with E-state index in [0.29, 0.717) is 0 Å². The molecule has 4 unspecified atom stereocenters. The molecule has 2 fully saturated rings. The molecule has 2 aliphatic carbocycles. The highest BCUT2D eigenvalue weighted by Gasteiger charge is 2.52. The van der Waals surface area contributed by atoms with Gasteiger partial charge in [-0.3, -0.25) is 4.79 Å². The Balaban J connectivity index is 1.42. The molecule has 10 heteroatoms. The Bertz CT molecular complexity index is 1240. The lowest BCUT2D eigenvalue weighted by atomic mass is 9.59. The molecule has 0 spiro atoms. The summed E-state index contributed by atoms with van der Waals surface area (Å²) in [5, 5.41) is 2.89. The molecule has 0 aromatic heterocycles. The molecule has 0 heterocycles. The minimum Gasteiger partial charge on any atom is -0.350 e. The zero-order valence-corrected chi connectivity index (χ0v) is 21.0. The van der Waals surface area contributed by atoms with Crippen LogP contribution >= 0.6 is 0 Å². The molecule has 0 bridgehead atoms. The van der Waals surface area contributed by atoms with Gasteiger partial charge in [-0.25, -0.2) is 26.3 Å². The van der Waals surface area contributed by atoms with Crippen molar-refractivity contribution in [2.24, 2.45) is 11.8 Å². The fourth-order valence-corrected chi connectivity index (χ4v) is 7.28. The highest BCUT2D eigenvalue weighted by Crippen LogP contribution is 2.45. The van der Waals surface area contributed by atoms with Gasteiger partial charge in [-0.15, -0.1) is 0 Å². The zero-order chi connectivity index (χ0) is 24.5. The monoisotopic (exact) mass is 505 g/mol. The van der Waals surface area contributed by atoms with E-state index in [1.807, 2.05) is 13.8 Å². The second-order valence-corrected chi connectivity index (χ2v) is 12.8. The van der Waals surface area contributed by atoms with Crippen molar-refractivity contribution >= 4 is 26.0 Å². The Kier molecular flexibility index (Phi) is 7.14. The van der Waals surface area contributed by atoms with Gasteiger partial charge in [-0.1, -0.05) is 48.2 Å². The van der Waals surface area contributed by atoms with Crippen molar-refractivity contribution in [3.8, 4) is 0 Å². The molecule has 4 rings (SSSR count). The normalized spacial score (nSPS) is 24.6. The molecule has 184 valence electrons. The average molecular weight is 506 g/mol. The SMILES string of the molecule is Cc1ccc(S(=O)(=O)NCC(=O)NC2C3CCCCC3C2NS(=O)(=O)c2ccc(C)cc2)cc1. The zero-order valence-electron chi connectivity index (χ0n) is 19.3. The maximum atomic E-state index is 13.0. The van der Waals surface area contributed by atoms with Gasteiger partial charge in [-0.05, 0) is 62.8 Å². The molecular weight excluding hydrogens is 474 g/mol. The number of hydrogen-bond acceptors (Lipinski definition) is 5. The largest absolute Gasteiger partial charge is 0.350 e. The number of fused-ring (bicyclic) bond motifs is 1. The number of hydrogen-bond donors (Lipinski definition) is 3. The van der Waals surface area contributed by atoms with Crippen LogP contribution in [0.4, 0.5) is 0 Å². The van der Waals surface area contributed by atoms with Crippen molar-refractivity contribution in [1.29, 1.82) is 0 Å². The molecule has 2 saturated carbocycles. The van der Waals surface area contributed by atoms with E-state index in [2.05, 4.69) is 14.8 Å². The molecule has 2 aromatic rings. The molecule has 0 saturated heterocycles. The lowest BCUT2D eigenvalue weighted by molar-refractivity contribution is -0.123. The van der Waals surface area contributed by atoms with Crippen LogP contribution in [-0.2, 0) is 24.8 Å². The second-order valence-electron chi connectivity index (χ2n) is 9.30. The maximum Gasteiger partial charge on any atom is 0.241 e. The fraction of sp³-hybridized carbons (Fsp3) is 0.458. The first-order valence-corrected chi connectivity index (χ1v) is 14.5. The number of sulfonamides is 2. The van der Waals surface area contributed by atoms with E-state index in [9.17, 15) is 21.6 Å². The Morgan fingerprint density at radius 2 is 1.24 bits per heavy atom. The topological polar surface area (TPSA) is 121 Å². The van der Waals surface area contributed by atoms with Crippen LogP contribution in [0.3, 0.4) is 0 Å². The highest BCUT2D eigenvalue weighted by atomic mass is 32.2. The molecule has 34 heavy (non-hydrogen) atoms. The first-order chi connectivity index (χ1) is 16.1.